The number of aromatic nitrogens is 2. The molecule has 1 fully saturated rings. The van der Waals surface area contributed by atoms with E-state index < -0.39 is 0 Å². The van der Waals surface area contributed by atoms with Crippen LogP contribution in [-0.4, -0.2) is 41.3 Å². The molecular formula is C24H22N4O. The maximum absolute atomic E-state index is 10.2. The van der Waals surface area contributed by atoms with Gasteiger partial charge in [-0.25, -0.2) is 9.97 Å². The highest BCUT2D eigenvalue weighted by atomic mass is 16.3. The number of fused-ring (bicyclic) bond motifs is 1. The summed E-state index contributed by atoms with van der Waals surface area (Å²) in [5, 5.41) is 11.2. The van der Waals surface area contributed by atoms with Gasteiger partial charge in [0.2, 0.25) is 0 Å². The zero-order valence-electron chi connectivity index (χ0n) is 16.1. The van der Waals surface area contributed by atoms with E-state index in [9.17, 15) is 5.11 Å². The molecule has 0 unspecified atom stereocenters. The molecule has 5 nitrogen and oxygen atoms in total. The Morgan fingerprint density at radius 1 is 0.655 bits per heavy atom. The molecule has 1 aliphatic heterocycles. The van der Waals surface area contributed by atoms with E-state index in [1.54, 1.807) is 6.07 Å². The third-order valence-electron chi connectivity index (χ3n) is 5.42. The standard InChI is InChI=1S/C24H22N4O/c29-22-13-7-6-12-21(22)27-14-16-28(17-15-27)24-19-10-4-5-11-20(19)25-23(26-24)18-8-2-1-3-9-18/h1-13,29H,14-17H2. The number of anilines is 2. The van der Waals surface area contributed by atoms with E-state index in [2.05, 4.69) is 15.9 Å². The van der Waals surface area contributed by atoms with E-state index in [0.29, 0.717) is 5.75 Å². The summed E-state index contributed by atoms with van der Waals surface area (Å²) in [5.74, 6) is 2.06. The van der Waals surface area contributed by atoms with Crippen LogP contribution in [0.1, 0.15) is 0 Å². The molecule has 1 saturated heterocycles. The first-order chi connectivity index (χ1) is 14.3. The van der Waals surface area contributed by atoms with Crippen LogP contribution in [0.25, 0.3) is 22.3 Å². The van der Waals surface area contributed by atoms with E-state index in [1.165, 1.54) is 0 Å². The molecule has 5 heteroatoms. The van der Waals surface area contributed by atoms with E-state index in [4.69, 9.17) is 9.97 Å². The molecule has 1 aliphatic rings. The summed E-state index contributed by atoms with van der Waals surface area (Å²) in [6.07, 6.45) is 0. The van der Waals surface area contributed by atoms with Crippen molar-refractivity contribution in [3.8, 4) is 17.1 Å². The highest BCUT2D eigenvalue weighted by molar-refractivity contribution is 5.91. The lowest BCUT2D eigenvalue weighted by atomic mass is 10.1. The van der Waals surface area contributed by atoms with Crippen LogP contribution in [0.3, 0.4) is 0 Å². The van der Waals surface area contributed by atoms with Crippen LogP contribution in [0, 0.1) is 0 Å². The molecule has 144 valence electrons. The molecule has 5 rings (SSSR count). The summed E-state index contributed by atoms with van der Waals surface area (Å²) >= 11 is 0. The van der Waals surface area contributed by atoms with Crippen LogP contribution >= 0.6 is 0 Å². The number of piperazine rings is 1. The maximum Gasteiger partial charge on any atom is 0.162 e. The number of nitrogens with zero attached hydrogens (tertiary/aromatic N) is 4. The molecule has 0 radical (unpaired) electrons. The Morgan fingerprint density at radius 3 is 2.10 bits per heavy atom. The van der Waals surface area contributed by atoms with Crippen molar-refractivity contribution in [2.24, 2.45) is 0 Å². The van der Waals surface area contributed by atoms with Gasteiger partial charge in [0, 0.05) is 37.1 Å². The quantitative estimate of drug-likeness (QED) is 0.572. The lowest BCUT2D eigenvalue weighted by Crippen LogP contribution is -2.47. The maximum atomic E-state index is 10.2. The average Bonchev–Trinajstić information content (AvgIpc) is 2.79. The third kappa shape index (κ3) is 3.36. The number of para-hydroxylation sites is 3. The number of hydrogen-bond acceptors (Lipinski definition) is 5. The van der Waals surface area contributed by atoms with Crippen molar-refractivity contribution in [3.05, 3.63) is 78.9 Å². The third-order valence-corrected chi connectivity index (χ3v) is 5.42. The van der Waals surface area contributed by atoms with Crippen molar-refractivity contribution >= 4 is 22.4 Å². The van der Waals surface area contributed by atoms with Gasteiger partial charge in [0.05, 0.1) is 11.2 Å². The Balaban J connectivity index is 1.48. The van der Waals surface area contributed by atoms with E-state index >= 15 is 0 Å². The summed E-state index contributed by atoms with van der Waals surface area (Å²) in [4.78, 5) is 14.3. The Hall–Kier alpha value is -3.60. The molecule has 0 bridgehead atoms. The predicted octanol–water partition coefficient (Wildman–Crippen LogP) is 4.33. The van der Waals surface area contributed by atoms with Gasteiger partial charge < -0.3 is 14.9 Å². The summed E-state index contributed by atoms with van der Waals surface area (Å²) in [6.45, 7) is 3.33. The van der Waals surface area contributed by atoms with E-state index in [0.717, 1.165) is 60.0 Å². The number of phenolic OH excluding ortho intramolecular Hbond substituents is 1. The number of phenols is 1. The molecule has 29 heavy (non-hydrogen) atoms. The van der Waals surface area contributed by atoms with Crippen molar-refractivity contribution in [1.82, 2.24) is 9.97 Å². The Kier molecular flexibility index (Phi) is 4.48. The molecule has 3 aromatic carbocycles. The lowest BCUT2D eigenvalue weighted by molar-refractivity contribution is 0.472. The smallest absolute Gasteiger partial charge is 0.162 e. The van der Waals surface area contributed by atoms with Crippen LogP contribution in [0.15, 0.2) is 78.9 Å². The fourth-order valence-corrected chi connectivity index (χ4v) is 3.91. The minimum absolute atomic E-state index is 0.333. The molecule has 1 aromatic heterocycles. The number of aromatic hydroxyl groups is 1. The average molecular weight is 382 g/mol. The summed E-state index contributed by atoms with van der Waals surface area (Å²) in [6, 6.07) is 25.8. The second kappa shape index (κ2) is 7.43. The number of rotatable bonds is 3. The second-order valence-corrected chi connectivity index (χ2v) is 7.22. The van der Waals surface area contributed by atoms with E-state index in [1.807, 2.05) is 66.7 Å². The van der Waals surface area contributed by atoms with Gasteiger partial charge in [-0.2, -0.15) is 0 Å². The molecule has 2 heterocycles. The molecule has 0 saturated carbocycles. The van der Waals surface area contributed by atoms with Crippen molar-refractivity contribution < 1.29 is 5.11 Å². The summed E-state index contributed by atoms with van der Waals surface area (Å²) in [5.41, 5.74) is 2.87. The van der Waals surface area contributed by atoms with Gasteiger partial charge in [-0.3, -0.25) is 0 Å². The zero-order chi connectivity index (χ0) is 19.6. The van der Waals surface area contributed by atoms with Gasteiger partial charge in [-0.05, 0) is 24.3 Å². The molecule has 4 aromatic rings. The Morgan fingerprint density at radius 2 is 1.31 bits per heavy atom. The number of hydrogen-bond donors (Lipinski definition) is 1. The fourth-order valence-electron chi connectivity index (χ4n) is 3.91. The molecule has 1 N–H and O–H groups in total. The van der Waals surface area contributed by atoms with Crippen LogP contribution in [0.4, 0.5) is 11.5 Å². The highest BCUT2D eigenvalue weighted by Gasteiger charge is 2.22. The van der Waals surface area contributed by atoms with Gasteiger partial charge in [0.25, 0.3) is 0 Å². The minimum Gasteiger partial charge on any atom is -0.506 e. The predicted molar refractivity (Wildman–Crippen MR) is 118 cm³/mol. The van der Waals surface area contributed by atoms with Crippen molar-refractivity contribution in [1.29, 1.82) is 0 Å². The summed E-state index contributed by atoms with van der Waals surface area (Å²) in [7, 11) is 0. The molecular weight excluding hydrogens is 360 g/mol. The SMILES string of the molecule is Oc1ccccc1N1CCN(c2nc(-c3ccccc3)nc3ccccc23)CC1. The first kappa shape index (κ1) is 17.5. The normalized spacial score (nSPS) is 14.3. The zero-order valence-corrected chi connectivity index (χ0v) is 16.1. The monoisotopic (exact) mass is 382 g/mol. The summed E-state index contributed by atoms with van der Waals surface area (Å²) < 4.78 is 0. The van der Waals surface area contributed by atoms with Crippen molar-refractivity contribution in [2.45, 2.75) is 0 Å². The van der Waals surface area contributed by atoms with E-state index in [-0.39, 0.29) is 0 Å². The largest absolute Gasteiger partial charge is 0.506 e. The lowest BCUT2D eigenvalue weighted by Gasteiger charge is -2.37. The van der Waals surface area contributed by atoms with Crippen LogP contribution in [0.5, 0.6) is 5.75 Å². The van der Waals surface area contributed by atoms with Gasteiger partial charge in [-0.15, -0.1) is 0 Å². The van der Waals surface area contributed by atoms with Crippen LogP contribution < -0.4 is 9.80 Å². The van der Waals surface area contributed by atoms with Gasteiger partial charge in [-0.1, -0.05) is 54.6 Å². The van der Waals surface area contributed by atoms with Crippen molar-refractivity contribution in [3.63, 3.8) is 0 Å². The molecule has 0 aliphatic carbocycles. The Labute approximate surface area is 169 Å². The van der Waals surface area contributed by atoms with Crippen LogP contribution in [0.2, 0.25) is 0 Å². The van der Waals surface area contributed by atoms with Crippen molar-refractivity contribution in [2.75, 3.05) is 36.0 Å². The fraction of sp³-hybridized carbons (Fsp3) is 0.167. The second-order valence-electron chi connectivity index (χ2n) is 7.22. The first-order valence-electron chi connectivity index (χ1n) is 9.90. The molecule has 0 spiro atoms. The Bertz CT molecular complexity index is 1140. The van der Waals surface area contributed by atoms with Gasteiger partial charge in [0.1, 0.15) is 11.6 Å². The minimum atomic E-state index is 0.333. The van der Waals surface area contributed by atoms with Crippen LogP contribution in [-0.2, 0) is 0 Å². The van der Waals surface area contributed by atoms with Gasteiger partial charge >= 0.3 is 0 Å². The number of benzene rings is 3. The molecule has 0 atom stereocenters. The highest BCUT2D eigenvalue weighted by Crippen LogP contribution is 2.31. The van der Waals surface area contributed by atoms with Gasteiger partial charge in [0.15, 0.2) is 5.82 Å². The topological polar surface area (TPSA) is 52.5 Å². The molecule has 0 amide bonds. The first-order valence-corrected chi connectivity index (χ1v) is 9.90.